The smallest absolute Gasteiger partial charge is 0.383 e. The number of rotatable bonds is 11. The van der Waals surface area contributed by atoms with Crippen molar-refractivity contribution in [3.05, 3.63) is 22.7 Å². The minimum Gasteiger partial charge on any atom is -0.383 e. The van der Waals surface area contributed by atoms with Gasteiger partial charge in [-0.05, 0) is 6.07 Å². The van der Waals surface area contributed by atoms with Gasteiger partial charge in [0.2, 0.25) is 0 Å². The maximum atomic E-state index is 12.4. The van der Waals surface area contributed by atoms with Gasteiger partial charge in [0.05, 0.1) is 12.7 Å². The fraction of sp³-hybridized carbons (Fsp3) is 0.667. The number of nitrogen functional groups attached to an aromatic ring is 1. The zero-order chi connectivity index (χ0) is 24.4. The molecule has 1 aliphatic heterocycles. The molecule has 4 unspecified atom stereocenters. The molecule has 15 nitrogen and oxygen atoms in total. The Balaban J connectivity index is 2.07. The Morgan fingerprint density at radius 3 is 2.34 bits per heavy atom. The number of aromatic nitrogens is 2. The molecule has 1 aliphatic rings. The summed E-state index contributed by atoms with van der Waals surface area (Å²) < 4.78 is 68.3. The van der Waals surface area contributed by atoms with Gasteiger partial charge < -0.3 is 15.4 Å². The van der Waals surface area contributed by atoms with Crippen LogP contribution in [0, 0.1) is 0 Å². The van der Waals surface area contributed by atoms with E-state index in [1.807, 2.05) is 0 Å². The van der Waals surface area contributed by atoms with Crippen molar-refractivity contribution < 1.29 is 50.0 Å². The number of alkyl halides is 2. The van der Waals surface area contributed by atoms with E-state index >= 15 is 0 Å². The first-order chi connectivity index (χ1) is 14.7. The summed E-state index contributed by atoms with van der Waals surface area (Å²) in [4.78, 5) is 25.4. The quantitative estimate of drug-likeness (QED) is 0.295. The summed E-state index contributed by atoms with van der Waals surface area (Å²) in [5.74, 6) is -0.0338. The van der Waals surface area contributed by atoms with Crippen LogP contribution in [-0.2, 0) is 45.1 Å². The van der Waals surface area contributed by atoms with Crippen LogP contribution in [0.25, 0.3) is 0 Å². The van der Waals surface area contributed by atoms with Gasteiger partial charge in [-0.1, -0.05) is 23.2 Å². The maximum absolute atomic E-state index is 12.4. The van der Waals surface area contributed by atoms with Crippen LogP contribution in [0.15, 0.2) is 17.1 Å². The summed E-state index contributed by atoms with van der Waals surface area (Å²) in [6, 6.07) is 1.31. The predicted octanol–water partition coefficient (Wildman–Crippen LogP) is 2.59. The minimum absolute atomic E-state index is 0.0338. The molecule has 0 spiro atoms. The second-order valence-corrected chi connectivity index (χ2v) is 12.9. The molecule has 20 heteroatoms. The van der Waals surface area contributed by atoms with Crippen LogP contribution >= 0.6 is 46.7 Å². The maximum Gasteiger partial charge on any atom is 0.492 e. The van der Waals surface area contributed by atoms with Gasteiger partial charge in [0.15, 0.2) is 10.6 Å². The Morgan fingerprint density at radius 1 is 1.22 bits per heavy atom. The molecular formula is C12H20Cl2N3O12P3. The average Bonchev–Trinajstić information content (AvgIpc) is 3.00. The fourth-order valence-corrected chi connectivity index (χ4v) is 7.17. The molecule has 1 saturated heterocycles. The van der Waals surface area contributed by atoms with Crippen LogP contribution in [0.2, 0.25) is 0 Å². The minimum atomic E-state index is -5.15. The lowest BCUT2D eigenvalue weighted by atomic mass is 10.2. The molecule has 32 heavy (non-hydrogen) atoms. The first-order valence-corrected chi connectivity index (χ1v) is 13.5. The van der Waals surface area contributed by atoms with E-state index in [4.69, 9.17) is 38.2 Å². The monoisotopic (exact) mass is 561 g/mol. The van der Waals surface area contributed by atoms with Crippen molar-refractivity contribution >= 4 is 52.5 Å². The Kier molecular flexibility index (Phi) is 9.14. The number of halogens is 2. The van der Waals surface area contributed by atoms with E-state index in [-0.39, 0.29) is 12.2 Å². The highest BCUT2D eigenvalue weighted by Gasteiger charge is 2.49. The standard InChI is InChI=1S/C12H20Cl2N3O12P3/c1-23-31(21,24-2)29-32(22,25-3)28-30(19,20)26-7-8-6-12(13,14)10(27-8)17-5-4-9(15)16-11(17)18/h4-5,8,10H,6-7H2,1-3H3,(H,19,20)(H2,15,16,18). The van der Waals surface area contributed by atoms with Gasteiger partial charge in [0.25, 0.3) is 0 Å². The summed E-state index contributed by atoms with van der Waals surface area (Å²) in [7, 11) is -11.9. The Morgan fingerprint density at radius 2 is 1.81 bits per heavy atom. The lowest BCUT2D eigenvalue weighted by molar-refractivity contribution is -0.0259. The predicted molar refractivity (Wildman–Crippen MR) is 110 cm³/mol. The molecule has 2 rings (SSSR count). The largest absolute Gasteiger partial charge is 0.492 e. The third-order valence-corrected chi connectivity index (χ3v) is 9.51. The van der Waals surface area contributed by atoms with Crippen LogP contribution in [-0.4, -0.2) is 52.8 Å². The first kappa shape index (κ1) is 27.9. The van der Waals surface area contributed by atoms with E-state index in [1.165, 1.54) is 12.3 Å². The molecule has 0 saturated carbocycles. The second-order valence-electron chi connectivity index (χ2n) is 5.99. The molecule has 1 aromatic heterocycles. The number of phosphoric ester groups is 2. The highest BCUT2D eigenvalue weighted by atomic mass is 35.5. The second kappa shape index (κ2) is 10.5. The summed E-state index contributed by atoms with van der Waals surface area (Å²) in [5.41, 5.74) is 4.64. The molecule has 1 fully saturated rings. The zero-order valence-electron chi connectivity index (χ0n) is 16.7. The number of anilines is 1. The van der Waals surface area contributed by atoms with Crippen LogP contribution in [0.1, 0.15) is 12.6 Å². The van der Waals surface area contributed by atoms with Gasteiger partial charge in [0, 0.05) is 33.9 Å². The molecule has 0 aliphatic carbocycles. The average molecular weight is 562 g/mol. The Bertz CT molecular complexity index is 1010. The summed E-state index contributed by atoms with van der Waals surface area (Å²) in [5, 5.41) is 0. The molecule has 2 heterocycles. The molecule has 0 amide bonds. The third-order valence-electron chi connectivity index (χ3n) is 3.78. The van der Waals surface area contributed by atoms with E-state index in [1.54, 1.807) is 0 Å². The van der Waals surface area contributed by atoms with E-state index in [9.17, 15) is 23.4 Å². The number of hydrogen-bond acceptors (Lipinski definition) is 13. The summed E-state index contributed by atoms with van der Waals surface area (Å²) in [6.07, 6.45) is -1.15. The summed E-state index contributed by atoms with van der Waals surface area (Å²) >= 11 is 12.4. The van der Waals surface area contributed by atoms with Crippen molar-refractivity contribution in [2.24, 2.45) is 0 Å². The zero-order valence-corrected chi connectivity index (χ0v) is 20.9. The van der Waals surface area contributed by atoms with Gasteiger partial charge in [-0.3, -0.25) is 22.7 Å². The van der Waals surface area contributed by atoms with Gasteiger partial charge >= 0.3 is 29.2 Å². The molecule has 3 N–H and O–H groups in total. The van der Waals surface area contributed by atoms with Crippen molar-refractivity contribution in [1.82, 2.24) is 9.55 Å². The lowest BCUT2D eigenvalue weighted by Gasteiger charge is -2.22. The molecule has 0 aromatic carbocycles. The highest BCUT2D eigenvalue weighted by Crippen LogP contribution is 2.71. The van der Waals surface area contributed by atoms with Crippen molar-refractivity contribution in [1.29, 1.82) is 0 Å². The Labute approximate surface area is 191 Å². The van der Waals surface area contributed by atoms with Crippen LogP contribution in [0.5, 0.6) is 0 Å². The SMILES string of the molecule is COP(=O)(OC)OP(=O)(OC)OP(=O)(O)OCC1CC(Cl)(Cl)C(n2ccc(N)nc2=O)O1. The number of ether oxygens (including phenoxy) is 1. The van der Waals surface area contributed by atoms with E-state index in [2.05, 4.69) is 27.2 Å². The van der Waals surface area contributed by atoms with Gasteiger partial charge in [-0.25, -0.2) is 18.5 Å². The molecular weight excluding hydrogens is 542 g/mol. The van der Waals surface area contributed by atoms with Gasteiger partial charge in [-0.2, -0.15) is 13.6 Å². The number of hydrogen-bond donors (Lipinski definition) is 2. The van der Waals surface area contributed by atoms with Crippen molar-refractivity contribution in [2.45, 2.75) is 23.1 Å². The summed E-state index contributed by atoms with van der Waals surface area (Å²) in [6.45, 7) is -0.654. The third kappa shape index (κ3) is 7.07. The van der Waals surface area contributed by atoms with Crippen LogP contribution in [0.4, 0.5) is 5.82 Å². The van der Waals surface area contributed by atoms with E-state index < -0.39 is 52.4 Å². The lowest BCUT2D eigenvalue weighted by Crippen LogP contribution is -2.34. The van der Waals surface area contributed by atoms with Crippen LogP contribution < -0.4 is 11.4 Å². The molecule has 0 bridgehead atoms. The Hall–Kier alpha value is -0.370. The first-order valence-electron chi connectivity index (χ1n) is 8.33. The van der Waals surface area contributed by atoms with Crippen molar-refractivity contribution in [3.8, 4) is 0 Å². The number of nitrogens with zero attached hydrogens (tertiary/aromatic N) is 2. The van der Waals surface area contributed by atoms with Crippen LogP contribution in [0.3, 0.4) is 0 Å². The molecule has 1 aromatic rings. The van der Waals surface area contributed by atoms with Crippen molar-refractivity contribution in [3.63, 3.8) is 0 Å². The van der Waals surface area contributed by atoms with E-state index in [0.29, 0.717) is 0 Å². The van der Waals surface area contributed by atoms with Crippen molar-refractivity contribution in [2.75, 3.05) is 33.7 Å². The molecule has 0 radical (unpaired) electrons. The van der Waals surface area contributed by atoms with Gasteiger partial charge in [-0.15, -0.1) is 0 Å². The van der Waals surface area contributed by atoms with E-state index in [0.717, 1.165) is 25.9 Å². The molecule has 4 atom stereocenters. The fourth-order valence-electron chi connectivity index (χ4n) is 2.38. The highest BCUT2D eigenvalue weighted by molar-refractivity contribution is 7.67. The normalized spacial score (nSPS) is 24.7. The number of nitrogens with two attached hydrogens (primary N) is 1. The topological polar surface area (TPSA) is 197 Å². The van der Waals surface area contributed by atoms with Gasteiger partial charge in [0.1, 0.15) is 5.82 Å². The number of phosphoric acid groups is 3. The molecule has 184 valence electrons.